The van der Waals surface area contributed by atoms with Crippen LogP contribution < -0.4 is 0 Å². The molecular weight excluding hydrogens is 138 g/mol. The monoisotopic (exact) mass is 145 g/mol. The fourth-order valence-electron chi connectivity index (χ4n) is 1.40. The van der Waals surface area contributed by atoms with E-state index in [1.165, 1.54) is 0 Å². The quantitative estimate of drug-likeness (QED) is 0.472. The summed E-state index contributed by atoms with van der Waals surface area (Å²) in [7, 11) is 0. The number of nitrogens with zero attached hydrogens (tertiary/aromatic N) is 1. The van der Waals surface area contributed by atoms with Gasteiger partial charge in [0.25, 0.3) is 0 Å². The molecule has 50 valence electrons. The van der Waals surface area contributed by atoms with Crippen LogP contribution in [0.2, 0.25) is 0 Å². The first-order chi connectivity index (χ1) is 4.38. The molecule has 0 amide bonds. The van der Waals surface area contributed by atoms with Gasteiger partial charge >= 0.3 is 0 Å². The van der Waals surface area contributed by atoms with Crippen LogP contribution in [0.1, 0.15) is 12.8 Å². The van der Waals surface area contributed by atoms with Crippen LogP contribution in [-0.4, -0.2) is 17.7 Å². The molecule has 1 saturated carbocycles. The van der Waals surface area contributed by atoms with Gasteiger partial charge in [0.2, 0.25) is 0 Å². The van der Waals surface area contributed by atoms with Crippen LogP contribution in [0.25, 0.3) is 0 Å². The third kappa shape index (κ3) is 0.732. The highest BCUT2D eigenvalue weighted by Gasteiger charge is 2.35. The average Bonchev–Trinajstić information content (AvgIpc) is 2.35. The third-order valence-corrected chi connectivity index (χ3v) is 2.40. The predicted molar refractivity (Wildman–Crippen MR) is 35.8 cm³/mol. The first-order valence-corrected chi connectivity index (χ1v) is 3.65. The lowest BCUT2D eigenvalue weighted by molar-refractivity contribution is 0.152. The second-order valence-corrected chi connectivity index (χ2v) is 3.08. The molecule has 1 aliphatic heterocycles. The molecule has 2 unspecified atom stereocenters. The normalized spacial score (nSPS) is 39.9. The van der Waals surface area contributed by atoms with E-state index in [0.717, 1.165) is 25.2 Å². The summed E-state index contributed by atoms with van der Waals surface area (Å²) in [5.74, 6) is 0.549. The highest BCUT2D eigenvalue weighted by Crippen LogP contribution is 2.30. The van der Waals surface area contributed by atoms with Crippen molar-refractivity contribution in [3.63, 3.8) is 0 Å². The van der Waals surface area contributed by atoms with Gasteiger partial charge in [-0.25, -0.2) is 0 Å². The van der Waals surface area contributed by atoms with E-state index in [9.17, 15) is 0 Å². The molecule has 9 heavy (non-hydrogen) atoms. The lowest BCUT2D eigenvalue weighted by Gasteiger charge is -1.94. The van der Waals surface area contributed by atoms with Gasteiger partial charge in [-0.1, -0.05) is 5.16 Å². The standard InChI is InChI=1S/C6H8ClNO/c7-5-2-1-4-3-9-8-6(4)5/h4-5H,1-3H2. The van der Waals surface area contributed by atoms with E-state index >= 15 is 0 Å². The summed E-state index contributed by atoms with van der Waals surface area (Å²) in [5.41, 5.74) is 1.08. The van der Waals surface area contributed by atoms with E-state index in [-0.39, 0.29) is 5.38 Å². The van der Waals surface area contributed by atoms with Crippen molar-refractivity contribution in [3.8, 4) is 0 Å². The maximum Gasteiger partial charge on any atom is 0.125 e. The number of alkyl halides is 1. The van der Waals surface area contributed by atoms with Crippen LogP contribution in [0.15, 0.2) is 5.16 Å². The number of halogens is 1. The molecule has 2 rings (SSSR count). The second-order valence-electron chi connectivity index (χ2n) is 2.55. The van der Waals surface area contributed by atoms with Crippen molar-refractivity contribution in [2.75, 3.05) is 6.61 Å². The molecule has 1 heterocycles. The van der Waals surface area contributed by atoms with E-state index in [1.54, 1.807) is 0 Å². The number of fused-ring (bicyclic) bond motifs is 1. The van der Waals surface area contributed by atoms with Gasteiger partial charge in [0, 0.05) is 5.92 Å². The summed E-state index contributed by atoms with van der Waals surface area (Å²) in [6.45, 7) is 0.762. The fourth-order valence-corrected chi connectivity index (χ4v) is 1.75. The van der Waals surface area contributed by atoms with Gasteiger partial charge in [0.1, 0.15) is 6.61 Å². The van der Waals surface area contributed by atoms with Gasteiger partial charge in [-0.05, 0) is 12.8 Å². The molecule has 0 aromatic carbocycles. The lowest BCUT2D eigenvalue weighted by Crippen LogP contribution is -2.10. The molecule has 1 aliphatic carbocycles. The Kier molecular flexibility index (Phi) is 1.15. The molecule has 0 aromatic rings. The minimum atomic E-state index is 0.164. The Hall–Kier alpha value is -0.240. The zero-order chi connectivity index (χ0) is 6.27. The van der Waals surface area contributed by atoms with Crippen LogP contribution in [0, 0.1) is 5.92 Å². The SMILES string of the molecule is ClC1CCC2CON=C12. The van der Waals surface area contributed by atoms with E-state index in [4.69, 9.17) is 16.4 Å². The van der Waals surface area contributed by atoms with Gasteiger partial charge < -0.3 is 4.84 Å². The molecule has 2 atom stereocenters. The van der Waals surface area contributed by atoms with E-state index in [1.807, 2.05) is 0 Å². The second kappa shape index (κ2) is 1.87. The first-order valence-electron chi connectivity index (χ1n) is 3.22. The summed E-state index contributed by atoms with van der Waals surface area (Å²) in [5, 5.41) is 4.03. The smallest absolute Gasteiger partial charge is 0.125 e. The minimum Gasteiger partial charge on any atom is -0.395 e. The largest absolute Gasteiger partial charge is 0.395 e. The molecular formula is C6H8ClNO. The molecule has 0 spiro atoms. The van der Waals surface area contributed by atoms with E-state index < -0.39 is 0 Å². The van der Waals surface area contributed by atoms with Crippen molar-refractivity contribution < 1.29 is 4.84 Å². The summed E-state index contributed by atoms with van der Waals surface area (Å²) in [6, 6.07) is 0. The molecule has 2 nitrogen and oxygen atoms in total. The fraction of sp³-hybridized carbons (Fsp3) is 0.833. The Morgan fingerprint density at radius 1 is 1.56 bits per heavy atom. The molecule has 3 heteroatoms. The maximum atomic E-state index is 5.90. The van der Waals surface area contributed by atoms with Crippen molar-refractivity contribution in [3.05, 3.63) is 0 Å². The van der Waals surface area contributed by atoms with Crippen LogP contribution >= 0.6 is 11.6 Å². The van der Waals surface area contributed by atoms with Gasteiger partial charge in [-0.15, -0.1) is 11.6 Å². The Bertz CT molecular complexity index is 157. The Labute approximate surface area is 58.8 Å². The van der Waals surface area contributed by atoms with Crippen molar-refractivity contribution in [2.45, 2.75) is 18.2 Å². The van der Waals surface area contributed by atoms with Gasteiger partial charge in [-0.3, -0.25) is 0 Å². The molecule has 0 bridgehead atoms. The van der Waals surface area contributed by atoms with Gasteiger partial charge in [0.15, 0.2) is 0 Å². The Morgan fingerprint density at radius 3 is 3.22 bits per heavy atom. The lowest BCUT2D eigenvalue weighted by atomic mass is 10.1. The topological polar surface area (TPSA) is 21.6 Å². The van der Waals surface area contributed by atoms with Crippen molar-refractivity contribution in [1.29, 1.82) is 0 Å². The summed E-state index contributed by atoms with van der Waals surface area (Å²) < 4.78 is 0. The zero-order valence-electron chi connectivity index (χ0n) is 5.01. The Morgan fingerprint density at radius 2 is 2.44 bits per heavy atom. The number of hydrogen-bond donors (Lipinski definition) is 0. The minimum absolute atomic E-state index is 0.164. The summed E-state index contributed by atoms with van der Waals surface area (Å²) in [6.07, 6.45) is 2.24. The van der Waals surface area contributed by atoms with E-state index in [2.05, 4.69) is 5.16 Å². The molecule has 1 fully saturated rings. The summed E-state index contributed by atoms with van der Waals surface area (Å²) >= 11 is 5.90. The van der Waals surface area contributed by atoms with Gasteiger partial charge in [0.05, 0.1) is 11.1 Å². The van der Waals surface area contributed by atoms with Crippen LogP contribution in [0.3, 0.4) is 0 Å². The number of oxime groups is 1. The predicted octanol–water partition coefficient (Wildman–Crippen LogP) is 1.39. The summed E-state index contributed by atoms with van der Waals surface area (Å²) in [4.78, 5) is 4.89. The van der Waals surface area contributed by atoms with Crippen LogP contribution in [0.5, 0.6) is 0 Å². The number of rotatable bonds is 0. The van der Waals surface area contributed by atoms with Crippen LogP contribution in [-0.2, 0) is 4.84 Å². The van der Waals surface area contributed by atoms with E-state index in [0.29, 0.717) is 5.92 Å². The highest BCUT2D eigenvalue weighted by atomic mass is 35.5. The molecule has 0 saturated heterocycles. The first kappa shape index (κ1) is 5.54. The number of hydrogen-bond acceptors (Lipinski definition) is 2. The third-order valence-electron chi connectivity index (χ3n) is 1.95. The zero-order valence-corrected chi connectivity index (χ0v) is 5.77. The average molecular weight is 146 g/mol. The molecule has 0 radical (unpaired) electrons. The Balaban J connectivity index is 2.22. The molecule has 0 N–H and O–H groups in total. The molecule has 0 aromatic heterocycles. The van der Waals surface area contributed by atoms with Crippen molar-refractivity contribution in [2.24, 2.45) is 11.1 Å². The van der Waals surface area contributed by atoms with Crippen molar-refractivity contribution >= 4 is 17.3 Å². The maximum absolute atomic E-state index is 5.90. The highest BCUT2D eigenvalue weighted by molar-refractivity contribution is 6.33. The van der Waals surface area contributed by atoms with Crippen molar-refractivity contribution in [1.82, 2.24) is 0 Å². The van der Waals surface area contributed by atoms with Crippen LogP contribution in [0.4, 0.5) is 0 Å². The molecule has 2 aliphatic rings. The van der Waals surface area contributed by atoms with Gasteiger partial charge in [-0.2, -0.15) is 0 Å².